The first-order valence-electron chi connectivity index (χ1n) is 6.84. The van der Waals surface area contributed by atoms with E-state index in [0.29, 0.717) is 24.2 Å². The van der Waals surface area contributed by atoms with Gasteiger partial charge in [0.2, 0.25) is 0 Å². The Balaban J connectivity index is 2.83. The molecule has 0 aliphatic carbocycles. The molecule has 4 nitrogen and oxygen atoms in total. The van der Waals surface area contributed by atoms with Gasteiger partial charge in [0.25, 0.3) is 5.91 Å². The third kappa shape index (κ3) is 5.73. The van der Waals surface area contributed by atoms with Gasteiger partial charge in [-0.3, -0.25) is 4.79 Å². The van der Waals surface area contributed by atoms with Gasteiger partial charge < -0.3 is 14.5 Å². The number of rotatable bonds is 8. The first-order chi connectivity index (χ1) is 9.97. The summed E-state index contributed by atoms with van der Waals surface area (Å²) in [6.45, 7) is 2.32. The lowest BCUT2D eigenvalue weighted by Crippen LogP contribution is -2.36. The average molecular weight is 361 g/mol. The number of carbonyl (C=O) groups is 1. The van der Waals surface area contributed by atoms with Gasteiger partial charge in [-0.05, 0) is 55.1 Å². The molecule has 0 aromatic heterocycles. The number of hydrogen-bond acceptors (Lipinski definition) is 3. The molecule has 0 radical (unpaired) electrons. The number of hydrogen-bond donors (Lipinski definition) is 0. The highest BCUT2D eigenvalue weighted by Gasteiger charge is 2.21. The van der Waals surface area contributed by atoms with Crippen LogP contribution >= 0.6 is 15.9 Å². The molecule has 0 heterocycles. The van der Waals surface area contributed by atoms with Crippen LogP contribution in [0.4, 0.5) is 4.39 Å². The number of ether oxygens (including phenoxy) is 1. The molecule has 1 amide bonds. The molecule has 118 valence electrons. The fraction of sp³-hybridized carbons (Fsp3) is 0.533. The predicted molar refractivity (Wildman–Crippen MR) is 85.1 cm³/mol. The van der Waals surface area contributed by atoms with Gasteiger partial charge >= 0.3 is 0 Å². The summed E-state index contributed by atoms with van der Waals surface area (Å²) in [4.78, 5) is 16.2. The zero-order chi connectivity index (χ0) is 15.8. The van der Waals surface area contributed by atoms with E-state index in [-0.39, 0.29) is 11.5 Å². The van der Waals surface area contributed by atoms with Crippen LogP contribution in [-0.4, -0.2) is 63.2 Å². The van der Waals surface area contributed by atoms with Gasteiger partial charge in [-0.15, -0.1) is 0 Å². The number of nitrogens with zero attached hydrogens (tertiary/aromatic N) is 2. The van der Waals surface area contributed by atoms with Crippen molar-refractivity contribution < 1.29 is 13.9 Å². The van der Waals surface area contributed by atoms with Gasteiger partial charge in [-0.1, -0.05) is 6.07 Å². The monoisotopic (exact) mass is 360 g/mol. The zero-order valence-electron chi connectivity index (χ0n) is 12.7. The molecule has 1 rings (SSSR count). The van der Waals surface area contributed by atoms with Gasteiger partial charge in [-0.25, -0.2) is 4.39 Å². The van der Waals surface area contributed by atoms with Crippen molar-refractivity contribution >= 4 is 21.8 Å². The van der Waals surface area contributed by atoms with Crippen molar-refractivity contribution in [3.63, 3.8) is 0 Å². The van der Waals surface area contributed by atoms with Crippen LogP contribution in [0.5, 0.6) is 0 Å². The summed E-state index contributed by atoms with van der Waals surface area (Å²) in [6, 6.07) is 4.54. The molecule has 0 N–H and O–H groups in total. The van der Waals surface area contributed by atoms with Crippen LogP contribution in [0.1, 0.15) is 16.8 Å². The van der Waals surface area contributed by atoms with Crippen molar-refractivity contribution in [2.45, 2.75) is 6.42 Å². The lowest BCUT2D eigenvalue weighted by atomic mass is 10.1. The predicted octanol–water partition coefficient (Wildman–Crippen LogP) is 2.63. The quantitative estimate of drug-likeness (QED) is 0.714. The summed E-state index contributed by atoms with van der Waals surface area (Å²) < 4.78 is 19.4. The first-order valence-corrected chi connectivity index (χ1v) is 7.63. The van der Waals surface area contributed by atoms with E-state index in [0.717, 1.165) is 13.0 Å². The molecule has 1 aromatic carbocycles. The molecule has 0 aliphatic heterocycles. The Morgan fingerprint density at radius 2 is 2.00 bits per heavy atom. The number of methoxy groups -OCH3 is 1. The van der Waals surface area contributed by atoms with E-state index in [4.69, 9.17) is 4.74 Å². The molecule has 6 heteroatoms. The van der Waals surface area contributed by atoms with Crippen LogP contribution in [0.25, 0.3) is 0 Å². The lowest BCUT2D eigenvalue weighted by molar-refractivity contribution is 0.0683. The molecule has 0 aliphatic rings. The normalized spacial score (nSPS) is 11.0. The second-order valence-corrected chi connectivity index (χ2v) is 5.89. The van der Waals surface area contributed by atoms with Crippen molar-refractivity contribution in [2.75, 3.05) is 47.4 Å². The second-order valence-electron chi connectivity index (χ2n) is 5.04. The molecule has 21 heavy (non-hydrogen) atoms. The Morgan fingerprint density at radius 1 is 1.29 bits per heavy atom. The lowest BCUT2D eigenvalue weighted by Gasteiger charge is -2.24. The Kier molecular flexibility index (Phi) is 7.85. The van der Waals surface area contributed by atoms with Crippen LogP contribution < -0.4 is 0 Å². The molecule has 1 aromatic rings. The Labute approximate surface area is 134 Å². The number of carbonyl (C=O) groups excluding carboxylic acids is 1. The second kappa shape index (κ2) is 9.12. The van der Waals surface area contributed by atoms with E-state index in [1.165, 1.54) is 6.07 Å². The highest BCUT2D eigenvalue weighted by molar-refractivity contribution is 9.10. The average Bonchev–Trinajstić information content (AvgIpc) is 2.41. The standard InChI is InChI=1S/C15H22BrFN2O2/c1-18(2)8-5-9-19(10-11-21-3)15(20)14-12(16)6-4-7-13(14)17/h4,6-7H,5,8-11H2,1-3H3. The maximum absolute atomic E-state index is 13.9. The van der Waals surface area contributed by atoms with E-state index in [9.17, 15) is 9.18 Å². The fourth-order valence-electron chi connectivity index (χ4n) is 1.95. The molecule has 0 unspecified atom stereocenters. The van der Waals surface area contributed by atoms with Crippen molar-refractivity contribution in [1.82, 2.24) is 9.80 Å². The smallest absolute Gasteiger partial charge is 0.258 e. The van der Waals surface area contributed by atoms with Crippen LogP contribution in [0.2, 0.25) is 0 Å². The summed E-state index contributed by atoms with van der Waals surface area (Å²) in [7, 11) is 5.55. The minimum absolute atomic E-state index is 0.0819. The Morgan fingerprint density at radius 3 is 2.57 bits per heavy atom. The highest BCUT2D eigenvalue weighted by Crippen LogP contribution is 2.21. The van der Waals surface area contributed by atoms with Crippen LogP contribution in [-0.2, 0) is 4.74 Å². The molecule has 0 bridgehead atoms. The highest BCUT2D eigenvalue weighted by atomic mass is 79.9. The molecule has 0 spiro atoms. The summed E-state index contributed by atoms with van der Waals surface area (Å²) in [6.07, 6.45) is 0.828. The van der Waals surface area contributed by atoms with Crippen LogP contribution in [0.15, 0.2) is 22.7 Å². The number of amides is 1. The van der Waals surface area contributed by atoms with Crippen molar-refractivity contribution in [3.8, 4) is 0 Å². The summed E-state index contributed by atoms with van der Waals surface area (Å²) in [5.41, 5.74) is 0.0819. The number of halogens is 2. The fourth-order valence-corrected chi connectivity index (χ4v) is 2.47. The molecular weight excluding hydrogens is 339 g/mol. The van der Waals surface area contributed by atoms with Gasteiger partial charge in [-0.2, -0.15) is 0 Å². The number of benzene rings is 1. The van der Waals surface area contributed by atoms with Crippen LogP contribution in [0, 0.1) is 5.82 Å². The molecule has 0 saturated carbocycles. The van der Waals surface area contributed by atoms with Crippen LogP contribution in [0.3, 0.4) is 0 Å². The Hall–Kier alpha value is -0.980. The summed E-state index contributed by atoms with van der Waals surface area (Å²) in [5, 5.41) is 0. The minimum Gasteiger partial charge on any atom is -0.383 e. The molecule has 0 saturated heterocycles. The molecule has 0 atom stereocenters. The van der Waals surface area contributed by atoms with Gasteiger partial charge in [0, 0.05) is 24.7 Å². The van der Waals surface area contributed by atoms with Crippen molar-refractivity contribution in [2.24, 2.45) is 0 Å². The van der Waals surface area contributed by atoms with E-state index in [2.05, 4.69) is 20.8 Å². The van der Waals surface area contributed by atoms with E-state index in [1.807, 2.05) is 14.1 Å². The van der Waals surface area contributed by atoms with Gasteiger partial charge in [0.1, 0.15) is 5.82 Å². The van der Waals surface area contributed by atoms with E-state index in [1.54, 1.807) is 24.1 Å². The topological polar surface area (TPSA) is 32.8 Å². The SMILES string of the molecule is COCCN(CCCN(C)C)C(=O)c1c(F)cccc1Br. The van der Waals surface area contributed by atoms with Crippen molar-refractivity contribution in [3.05, 3.63) is 34.1 Å². The van der Waals surface area contributed by atoms with Gasteiger partial charge in [0.05, 0.1) is 12.2 Å². The molecular formula is C15H22BrFN2O2. The summed E-state index contributed by atoms with van der Waals surface area (Å²) >= 11 is 3.25. The first kappa shape index (κ1) is 18.1. The third-order valence-electron chi connectivity index (χ3n) is 3.06. The minimum atomic E-state index is -0.510. The Bertz CT molecular complexity index is 449. The van der Waals surface area contributed by atoms with Crippen molar-refractivity contribution in [1.29, 1.82) is 0 Å². The summed E-state index contributed by atoms with van der Waals surface area (Å²) in [5.74, 6) is -0.819. The maximum Gasteiger partial charge on any atom is 0.258 e. The zero-order valence-corrected chi connectivity index (χ0v) is 14.3. The van der Waals surface area contributed by atoms with Gasteiger partial charge in [0.15, 0.2) is 0 Å². The largest absolute Gasteiger partial charge is 0.383 e. The van der Waals surface area contributed by atoms with E-state index >= 15 is 0 Å². The maximum atomic E-state index is 13.9. The third-order valence-corrected chi connectivity index (χ3v) is 3.72. The molecule has 0 fully saturated rings. The van der Waals surface area contributed by atoms with E-state index < -0.39 is 5.82 Å².